The maximum Gasteiger partial charge on any atom is 0.166 e. The lowest BCUT2D eigenvalue weighted by atomic mass is 9.97. The third-order valence-corrected chi connectivity index (χ3v) is 3.38. The standard InChI is InChI=1S/C15H19FO3/c1-14(2)8-12(15(3,4)19-14)18-13-10(9-17)6-5-7-11(13)16/h5-7,9,12H,8H2,1-4H3. The number of carbonyl (C=O) groups excluding carboxylic acids is 1. The lowest BCUT2D eigenvalue weighted by Gasteiger charge is -2.27. The van der Waals surface area contributed by atoms with E-state index in [0.717, 1.165) is 0 Å². The summed E-state index contributed by atoms with van der Waals surface area (Å²) in [5.41, 5.74) is -0.618. The van der Waals surface area contributed by atoms with E-state index in [2.05, 4.69) is 0 Å². The number of benzene rings is 1. The van der Waals surface area contributed by atoms with E-state index in [1.54, 1.807) is 6.07 Å². The second-order valence-electron chi connectivity index (χ2n) is 6.05. The van der Waals surface area contributed by atoms with Crippen LogP contribution in [0.4, 0.5) is 4.39 Å². The zero-order valence-corrected chi connectivity index (χ0v) is 11.7. The zero-order valence-electron chi connectivity index (χ0n) is 11.7. The van der Waals surface area contributed by atoms with E-state index in [0.29, 0.717) is 12.7 Å². The Balaban J connectivity index is 2.29. The molecule has 0 N–H and O–H groups in total. The van der Waals surface area contributed by atoms with Gasteiger partial charge in [0.1, 0.15) is 11.7 Å². The Hall–Kier alpha value is -1.42. The normalized spacial score (nSPS) is 24.2. The highest BCUT2D eigenvalue weighted by Crippen LogP contribution is 2.40. The summed E-state index contributed by atoms with van der Waals surface area (Å²) < 4.78 is 25.5. The minimum atomic E-state index is -0.523. The van der Waals surface area contributed by atoms with Crippen LogP contribution in [0.25, 0.3) is 0 Å². The Morgan fingerprint density at radius 1 is 1.37 bits per heavy atom. The molecule has 1 aromatic carbocycles. The van der Waals surface area contributed by atoms with Crippen molar-refractivity contribution in [2.45, 2.75) is 51.4 Å². The summed E-state index contributed by atoms with van der Waals surface area (Å²) in [5, 5.41) is 0. The fourth-order valence-electron chi connectivity index (χ4n) is 2.58. The molecule has 1 atom stereocenters. The number of aldehydes is 1. The molecule has 3 nitrogen and oxygen atoms in total. The molecule has 0 aromatic heterocycles. The van der Waals surface area contributed by atoms with Crippen molar-refractivity contribution in [2.24, 2.45) is 0 Å². The molecule has 0 bridgehead atoms. The summed E-state index contributed by atoms with van der Waals surface area (Å²) in [6.45, 7) is 7.77. The molecule has 0 aliphatic carbocycles. The average molecular weight is 266 g/mol. The number of ether oxygens (including phenoxy) is 2. The van der Waals surface area contributed by atoms with Crippen molar-refractivity contribution in [3.63, 3.8) is 0 Å². The van der Waals surface area contributed by atoms with Crippen molar-refractivity contribution in [3.05, 3.63) is 29.6 Å². The fraction of sp³-hybridized carbons (Fsp3) is 0.533. The zero-order chi connectivity index (χ0) is 14.3. The van der Waals surface area contributed by atoms with Crippen molar-refractivity contribution < 1.29 is 18.7 Å². The molecule has 0 spiro atoms. The smallest absolute Gasteiger partial charge is 0.166 e. The summed E-state index contributed by atoms with van der Waals surface area (Å²) in [5.74, 6) is -0.512. The first-order valence-corrected chi connectivity index (χ1v) is 6.36. The molecule has 0 saturated carbocycles. The van der Waals surface area contributed by atoms with Gasteiger partial charge in [0.15, 0.2) is 17.9 Å². The van der Waals surface area contributed by atoms with Crippen molar-refractivity contribution in [1.29, 1.82) is 0 Å². The maximum absolute atomic E-state index is 13.8. The summed E-state index contributed by atoms with van der Waals surface area (Å²) in [6.07, 6.45) is 0.956. The van der Waals surface area contributed by atoms with Crippen LogP contribution in [0.3, 0.4) is 0 Å². The molecule has 19 heavy (non-hydrogen) atoms. The molecule has 1 fully saturated rings. The highest BCUT2D eigenvalue weighted by molar-refractivity contribution is 5.79. The van der Waals surface area contributed by atoms with Gasteiger partial charge in [-0.2, -0.15) is 0 Å². The molecule has 1 aromatic rings. The van der Waals surface area contributed by atoms with Crippen LogP contribution in [0.15, 0.2) is 18.2 Å². The molecule has 1 heterocycles. The van der Waals surface area contributed by atoms with E-state index in [9.17, 15) is 9.18 Å². The Morgan fingerprint density at radius 2 is 2.05 bits per heavy atom. The fourth-order valence-corrected chi connectivity index (χ4v) is 2.58. The molecule has 0 amide bonds. The van der Waals surface area contributed by atoms with Crippen molar-refractivity contribution >= 4 is 6.29 Å². The topological polar surface area (TPSA) is 35.5 Å². The summed E-state index contributed by atoms with van der Waals surface area (Å²) >= 11 is 0. The molecule has 1 saturated heterocycles. The second-order valence-corrected chi connectivity index (χ2v) is 6.05. The number of rotatable bonds is 3. The monoisotopic (exact) mass is 266 g/mol. The number of para-hydroxylation sites is 1. The summed E-state index contributed by atoms with van der Waals surface area (Å²) in [6, 6.07) is 4.32. The Morgan fingerprint density at radius 3 is 2.58 bits per heavy atom. The lowest BCUT2D eigenvalue weighted by molar-refractivity contribution is -0.0849. The number of carbonyl (C=O) groups is 1. The van der Waals surface area contributed by atoms with Gasteiger partial charge in [-0.25, -0.2) is 4.39 Å². The number of hydrogen-bond acceptors (Lipinski definition) is 3. The van der Waals surface area contributed by atoms with Gasteiger partial charge in [-0.3, -0.25) is 4.79 Å². The lowest BCUT2D eigenvalue weighted by Crippen LogP contribution is -2.37. The SMILES string of the molecule is CC1(C)CC(Oc2c(F)cccc2C=O)C(C)(C)O1. The first-order valence-electron chi connectivity index (χ1n) is 6.36. The Labute approximate surface area is 112 Å². The predicted octanol–water partition coefficient (Wildman–Crippen LogP) is 3.36. The van der Waals surface area contributed by atoms with Gasteiger partial charge in [0.25, 0.3) is 0 Å². The van der Waals surface area contributed by atoms with Gasteiger partial charge in [-0.15, -0.1) is 0 Å². The van der Waals surface area contributed by atoms with Gasteiger partial charge in [0.2, 0.25) is 0 Å². The number of halogens is 1. The first-order chi connectivity index (χ1) is 8.75. The van der Waals surface area contributed by atoms with Gasteiger partial charge in [0.05, 0.1) is 11.2 Å². The van der Waals surface area contributed by atoms with Crippen LogP contribution >= 0.6 is 0 Å². The summed E-state index contributed by atoms with van der Waals surface area (Å²) in [4.78, 5) is 11.0. The maximum atomic E-state index is 13.8. The highest BCUT2D eigenvalue weighted by atomic mass is 19.1. The average Bonchev–Trinajstić information content (AvgIpc) is 2.49. The van der Waals surface area contributed by atoms with E-state index in [1.165, 1.54) is 12.1 Å². The van der Waals surface area contributed by atoms with E-state index in [-0.39, 0.29) is 23.0 Å². The van der Waals surface area contributed by atoms with E-state index in [4.69, 9.17) is 9.47 Å². The van der Waals surface area contributed by atoms with Crippen LogP contribution in [-0.2, 0) is 4.74 Å². The minimum absolute atomic E-state index is 0.0110. The molecule has 2 rings (SSSR count). The van der Waals surface area contributed by atoms with Crippen molar-refractivity contribution in [2.75, 3.05) is 0 Å². The van der Waals surface area contributed by atoms with Crippen LogP contribution < -0.4 is 4.74 Å². The quantitative estimate of drug-likeness (QED) is 0.787. The van der Waals surface area contributed by atoms with Crippen molar-refractivity contribution in [3.8, 4) is 5.75 Å². The van der Waals surface area contributed by atoms with Crippen LogP contribution in [0, 0.1) is 5.82 Å². The molecular weight excluding hydrogens is 247 g/mol. The van der Waals surface area contributed by atoms with Gasteiger partial charge < -0.3 is 9.47 Å². The van der Waals surface area contributed by atoms with Gasteiger partial charge in [0, 0.05) is 6.42 Å². The molecule has 104 valence electrons. The largest absolute Gasteiger partial charge is 0.483 e. The van der Waals surface area contributed by atoms with E-state index >= 15 is 0 Å². The molecule has 0 radical (unpaired) electrons. The van der Waals surface area contributed by atoms with Crippen LogP contribution in [0.2, 0.25) is 0 Å². The van der Waals surface area contributed by atoms with E-state index in [1.807, 2.05) is 27.7 Å². The third-order valence-electron chi connectivity index (χ3n) is 3.38. The summed E-state index contributed by atoms with van der Waals surface area (Å²) in [7, 11) is 0. The molecule has 4 heteroatoms. The minimum Gasteiger partial charge on any atom is -0.483 e. The van der Waals surface area contributed by atoms with Gasteiger partial charge >= 0.3 is 0 Å². The third kappa shape index (κ3) is 2.78. The van der Waals surface area contributed by atoms with E-state index < -0.39 is 11.4 Å². The Kier molecular flexibility index (Phi) is 3.39. The van der Waals surface area contributed by atoms with Gasteiger partial charge in [-0.05, 0) is 39.8 Å². The van der Waals surface area contributed by atoms with Crippen LogP contribution in [0.5, 0.6) is 5.75 Å². The molecule has 1 aliphatic heterocycles. The highest BCUT2D eigenvalue weighted by Gasteiger charge is 2.47. The first kappa shape index (κ1) is 14.0. The molecular formula is C15H19FO3. The molecule has 1 unspecified atom stereocenters. The van der Waals surface area contributed by atoms with Gasteiger partial charge in [-0.1, -0.05) is 6.07 Å². The van der Waals surface area contributed by atoms with Crippen LogP contribution in [0.1, 0.15) is 44.5 Å². The number of hydrogen-bond donors (Lipinski definition) is 0. The van der Waals surface area contributed by atoms with Crippen LogP contribution in [-0.4, -0.2) is 23.6 Å². The molecule has 1 aliphatic rings. The predicted molar refractivity (Wildman–Crippen MR) is 70.1 cm³/mol. The van der Waals surface area contributed by atoms with Crippen molar-refractivity contribution in [1.82, 2.24) is 0 Å². The Bertz CT molecular complexity index is 494. The second kappa shape index (κ2) is 4.60.